The van der Waals surface area contributed by atoms with Gasteiger partial charge in [-0.15, -0.1) is 10.2 Å². The SMILES string of the molecule is Cc1cc(NC(=O)CSc2nnc(Cc3ccccc3)n2N)ccc1Br. The molecule has 0 aliphatic heterocycles. The second-order valence-electron chi connectivity index (χ2n) is 5.73. The standard InChI is InChI=1S/C18H18BrN5OS/c1-12-9-14(7-8-15(12)19)21-17(25)11-26-18-23-22-16(24(18)20)10-13-5-3-2-4-6-13/h2-9H,10-11,20H2,1H3,(H,21,25). The average Bonchev–Trinajstić information content (AvgIpc) is 2.97. The number of amides is 1. The van der Waals surface area contributed by atoms with Crippen LogP contribution in [-0.2, 0) is 11.2 Å². The number of hydrogen-bond acceptors (Lipinski definition) is 5. The zero-order valence-corrected chi connectivity index (χ0v) is 16.5. The molecule has 134 valence electrons. The number of aryl methyl sites for hydroxylation is 1. The number of hydrogen-bond donors (Lipinski definition) is 2. The van der Waals surface area contributed by atoms with Crippen molar-refractivity contribution in [3.63, 3.8) is 0 Å². The number of anilines is 1. The summed E-state index contributed by atoms with van der Waals surface area (Å²) in [5.74, 6) is 6.80. The Bertz CT molecular complexity index is 913. The third-order valence-electron chi connectivity index (χ3n) is 3.71. The van der Waals surface area contributed by atoms with Crippen LogP contribution in [0.3, 0.4) is 0 Å². The number of benzene rings is 2. The normalized spacial score (nSPS) is 10.7. The molecule has 0 saturated heterocycles. The van der Waals surface area contributed by atoms with Crippen LogP contribution >= 0.6 is 27.7 Å². The zero-order valence-electron chi connectivity index (χ0n) is 14.1. The summed E-state index contributed by atoms with van der Waals surface area (Å²) in [6.45, 7) is 1.97. The summed E-state index contributed by atoms with van der Waals surface area (Å²) in [5, 5.41) is 11.6. The van der Waals surface area contributed by atoms with Gasteiger partial charge in [-0.25, -0.2) is 4.68 Å². The minimum Gasteiger partial charge on any atom is -0.336 e. The van der Waals surface area contributed by atoms with Gasteiger partial charge in [0.25, 0.3) is 0 Å². The van der Waals surface area contributed by atoms with E-state index in [-0.39, 0.29) is 11.7 Å². The first-order valence-electron chi connectivity index (χ1n) is 7.95. The second kappa shape index (κ2) is 8.37. The quantitative estimate of drug-likeness (QED) is 0.461. The van der Waals surface area contributed by atoms with E-state index in [2.05, 4.69) is 31.4 Å². The second-order valence-corrected chi connectivity index (χ2v) is 7.53. The smallest absolute Gasteiger partial charge is 0.234 e. The lowest BCUT2D eigenvalue weighted by molar-refractivity contribution is -0.113. The molecule has 0 fully saturated rings. The molecular weight excluding hydrogens is 414 g/mol. The fourth-order valence-electron chi connectivity index (χ4n) is 2.35. The number of carbonyl (C=O) groups excluding carboxylic acids is 1. The Labute approximate surface area is 164 Å². The van der Waals surface area contributed by atoms with Crippen molar-refractivity contribution in [3.8, 4) is 0 Å². The number of nitrogens with one attached hydrogen (secondary N) is 1. The number of nitrogens with zero attached hydrogens (tertiary/aromatic N) is 3. The van der Waals surface area contributed by atoms with Crippen molar-refractivity contribution in [1.82, 2.24) is 14.9 Å². The molecule has 0 unspecified atom stereocenters. The summed E-state index contributed by atoms with van der Waals surface area (Å²) >= 11 is 4.70. The maximum absolute atomic E-state index is 12.1. The summed E-state index contributed by atoms with van der Waals surface area (Å²) in [5.41, 5.74) is 2.92. The minimum atomic E-state index is -0.121. The van der Waals surface area contributed by atoms with Crippen molar-refractivity contribution in [3.05, 3.63) is 70.0 Å². The summed E-state index contributed by atoms with van der Waals surface area (Å²) < 4.78 is 2.45. The van der Waals surface area contributed by atoms with E-state index in [1.54, 1.807) is 0 Å². The molecule has 0 aliphatic rings. The van der Waals surface area contributed by atoms with Gasteiger partial charge in [0.2, 0.25) is 11.1 Å². The van der Waals surface area contributed by atoms with Crippen molar-refractivity contribution < 1.29 is 4.79 Å². The molecule has 0 bridgehead atoms. The third kappa shape index (κ3) is 4.64. The zero-order chi connectivity index (χ0) is 18.5. The van der Waals surface area contributed by atoms with Gasteiger partial charge in [0.05, 0.1) is 5.75 Å². The molecule has 3 aromatic rings. The maximum atomic E-state index is 12.1. The Kier molecular flexibility index (Phi) is 5.95. The van der Waals surface area contributed by atoms with E-state index in [0.29, 0.717) is 17.4 Å². The van der Waals surface area contributed by atoms with Crippen molar-refractivity contribution in [2.75, 3.05) is 16.9 Å². The number of nitrogen functional groups attached to an aromatic ring is 1. The molecule has 8 heteroatoms. The van der Waals surface area contributed by atoms with Gasteiger partial charge in [-0.2, -0.15) is 0 Å². The van der Waals surface area contributed by atoms with Crippen LogP contribution in [0.15, 0.2) is 58.2 Å². The summed E-state index contributed by atoms with van der Waals surface area (Å²) in [6, 6.07) is 15.6. The van der Waals surface area contributed by atoms with E-state index in [0.717, 1.165) is 21.3 Å². The molecule has 0 aliphatic carbocycles. The van der Waals surface area contributed by atoms with Gasteiger partial charge in [-0.1, -0.05) is 58.0 Å². The molecule has 3 rings (SSSR count). The van der Waals surface area contributed by atoms with Gasteiger partial charge in [0.15, 0.2) is 5.82 Å². The number of halogens is 1. The lowest BCUT2D eigenvalue weighted by atomic mass is 10.1. The first-order chi connectivity index (χ1) is 12.5. The highest BCUT2D eigenvalue weighted by molar-refractivity contribution is 9.10. The molecule has 6 nitrogen and oxygen atoms in total. The highest BCUT2D eigenvalue weighted by atomic mass is 79.9. The third-order valence-corrected chi connectivity index (χ3v) is 5.55. The predicted molar refractivity (Wildman–Crippen MR) is 108 cm³/mol. The molecule has 0 radical (unpaired) electrons. The predicted octanol–water partition coefficient (Wildman–Crippen LogP) is 3.38. The van der Waals surface area contributed by atoms with Crippen molar-refractivity contribution in [2.24, 2.45) is 0 Å². The van der Waals surface area contributed by atoms with Gasteiger partial charge >= 0.3 is 0 Å². The van der Waals surface area contributed by atoms with Gasteiger partial charge in [0, 0.05) is 16.6 Å². The number of aromatic nitrogens is 3. The van der Waals surface area contributed by atoms with Crippen molar-refractivity contribution in [2.45, 2.75) is 18.5 Å². The minimum absolute atomic E-state index is 0.121. The first-order valence-corrected chi connectivity index (χ1v) is 9.73. The molecule has 1 heterocycles. The summed E-state index contributed by atoms with van der Waals surface area (Å²) in [4.78, 5) is 12.1. The summed E-state index contributed by atoms with van der Waals surface area (Å²) in [7, 11) is 0. The monoisotopic (exact) mass is 431 g/mol. The Morgan fingerprint density at radius 3 is 2.73 bits per heavy atom. The van der Waals surface area contributed by atoms with Crippen LogP contribution in [-0.4, -0.2) is 26.5 Å². The maximum Gasteiger partial charge on any atom is 0.234 e. The van der Waals surface area contributed by atoms with E-state index in [1.807, 2.05) is 55.5 Å². The lowest BCUT2D eigenvalue weighted by Crippen LogP contribution is -2.17. The van der Waals surface area contributed by atoms with E-state index >= 15 is 0 Å². The highest BCUT2D eigenvalue weighted by Gasteiger charge is 2.13. The van der Waals surface area contributed by atoms with Gasteiger partial charge in [-0.3, -0.25) is 4.79 Å². The van der Waals surface area contributed by atoms with E-state index in [9.17, 15) is 4.79 Å². The highest BCUT2D eigenvalue weighted by Crippen LogP contribution is 2.21. The average molecular weight is 432 g/mol. The molecule has 0 atom stereocenters. The van der Waals surface area contributed by atoms with Gasteiger partial charge in [0.1, 0.15) is 0 Å². The molecule has 1 amide bonds. The Morgan fingerprint density at radius 1 is 1.23 bits per heavy atom. The molecule has 3 N–H and O–H groups in total. The van der Waals surface area contributed by atoms with Gasteiger partial charge in [-0.05, 0) is 36.2 Å². The molecule has 1 aromatic heterocycles. The number of carbonyl (C=O) groups is 1. The number of nitrogens with two attached hydrogens (primary N) is 1. The van der Waals surface area contributed by atoms with E-state index in [1.165, 1.54) is 16.4 Å². The van der Waals surface area contributed by atoms with Gasteiger partial charge < -0.3 is 11.2 Å². The largest absolute Gasteiger partial charge is 0.336 e. The van der Waals surface area contributed by atoms with Crippen LogP contribution in [0.2, 0.25) is 0 Å². The molecular formula is C18H18BrN5OS. The number of rotatable bonds is 6. The van der Waals surface area contributed by atoms with E-state index in [4.69, 9.17) is 5.84 Å². The fourth-order valence-corrected chi connectivity index (χ4v) is 3.28. The van der Waals surface area contributed by atoms with Crippen LogP contribution < -0.4 is 11.2 Å². The molecule has 0 spiro atoms. The topological polar surface area (TPSA) is 85.8 Å². The summed E-state index contributed by atoms with van der Waals surface area (Å²) in [6.07, 6.45) is 0.593. The van der Waals surface area contributed by atoms with Crippen LogP contribution in [0.1, 0.15) is 17.0 Å². The Hall–Kier alpha value is -2.32. The first kappa shape index (κ1) is 18.5. The van der Waals surface area contributed by atoms with Crippen LogP contribution in [0.25, 0.3) is 0 Å². The van der Waals surface area contributed by atoms with Crippen LogP contribution in [0.4, 0.5) is 5.69 Å². The van der Waals surface area contributed by atoms with Crippen molar-refractivity contribution >= 4 is 39.3 Å². The van der Waals surface area contributed by atoms with Crippen LogP contribution in [0, 0.1) is 6.92 Å². The van der Waals surface area contributed by atoms with E-state index < -0.39 is 0 Å². The Balaban J connectivity index is 1.57. The fraction of sp³-hybridized carbons (Fsp3) is 0.167. The van der Waals surface area contributed by atoms with Crippen LogP contribution in [0.5, 0.6) is 0 Å². The van der Waals surface area contributed by atoms with Crippen molar-refractivity contribution in [1.29, 1.82) is 0 Å². The molecule has 26 heavy (non-hydrogen) atoms. The number of thioether (sulfide) groups is 1. The lowest BCUT2D eigenvalue weighted by Gasteiger charge is -2.07. The molecule has 2 aromatic carbocycles. The molecule has 0 saturated carbocycles. The Morgan fingerprint density at radius 2 is 2.00 bits per heavy atom.